The summed E-state index contributed by atoms with van der Waals surface area (Å²) in [5.74, 6) is -3.04. The molecule has 0 aromatic carbocycles. The van der Waals surface area contributed by atoms with E-state index in [1.54, 1.807) is 20.8 Å². The smallest absolute Gasteiger partial charge is 0.0479 e. The Morgan fingerprint density at radius 2 is 1.71 bits per heavy atom. The van der Waals surface area contributed by atoms with Crippen LogP contribution in [0, 0.1) is 16.7 Å². The highest BCUT2D eigenvalue weighted by Crippen LogP contribution is 2.55. The van der Waals surface area contributed by atoms with Crippen LogP contribution >= 0.6 is 0 Å². The van der Waals surface area contributed by atoms with Crippen molar-refractivity contribution in [2.45, 2.75) is 33.6 Å². The summed E-state index contributed by atoms with van der Waals surface area (Å²) in [5, 5.41) is 21.8. The molecule has 0 amide bonds. The van der Waals surface area contributed by atoms with Gasteiger partial charge in [0.2, 0.25) is 0 Å². The van der Waals surface area contributed by atoms with Gasteiger partial charge in [0.05, 0.1) is 0 Å². The van der Waals surface area contributed by atoms with E-state index in [-0.39, 0.29) is 0 Å². The maximum absolute atomic E-state index is 11.0. The van der Waals surface area contributed by atoms with E-state index in [0.717, 1.165) is 0 Å². The third kappa shape index (κ3) is 1.21. The van der Waals surface area contributed by atoms with Gasteiger partial charge in [-0.2, -0.15) is 0 Å². The number of carboxylic acids is 2. The van der Waals surface area contributed by atoms with Gasteiger partial charge in [-0.15, -0.1) is 0 Å². The molecule has 0 heterocycles. The molecule has 2 atom stereocenters. The minimum Gasteiger partial charge on any atom is -0.550 e. The van der Waals surface area contributed by atoms with E-state index in [4.69, 9.17) is 0 Å². The number of carbonyl (C=O) groups excluding carboxylic acids is 2. The van der Waals surface area contributed by atoms with Crippen LogP contribution in [0.1, 0.15) is 33.6 Å². The van der Waals surface area contributed by atoms with Gasteiger partial charge in [0, 0.05) is 23.3 Å². The molecular formula is C10H14O4-2. The Labute approximate surface area is 82.9 Å². The van der Waals surface area contributed by atoms with Gasteiger partial charge in [0.25, 0.3) is 0 Å². The Balaban J connectivity index is 3.08. The Bertz CT molecular complexity index is 282. The summed E-state index contributed by atoms with van der Waals surface area (Å²) in [7, 11) is 0. The zero-order chi connectivity index (χ0) is 11.1. The predicted molar refractivity (Wildman–Crippen MR) is 44.6 cm³/mol. The molecule has 1 rings (SSSR count). The van der Waals surface area contributed by atoms with E-state index >= 15 is 0 Å². The fourth-order valence-electron chi connectivity index (χ4n) is 2.28. The van der Waals surface area contributed by atoms with Gasteiger partial charge >= 0.3 is 0 Å². The fraction of sp³-hybridized carbons (Fsp3) is 0.800. The highest BCUT2D eigenvalue weighted by atomic mass is 16.4. The van der Waals surface area contributed by atoms with Crippen LogP contribution in [0.2, 0.25) is 0 Å². The van der Waals surface area contributed by atoms with E-state index in [1.807, 2.05) is 0 Å². The van der Waals surface area contributed by atoms with Gasteiger partial charge in [-0.05, 0) is 18.3 Å². The molecule has 0 saturated heterocycles. The summed E-state index contributed by atoms with van der Waals surface area (Å²) in [5.41, 5.74) is -1.89. The van der Waals surface area contributed by atoms with Crippen molar-refractivity contribution >= 4 is 11.9 Å². The van der Waals surface area contributed by atoms with E-state index < -0.39 is 28.7 Å². The van der Waals surface area contributed by atoms with Crippen LogP contribution in [-0.2, 0) is 9.59 Å². The van der Waals surface area contributed by atoms with Crippen molar-refractivity contribution in [3.8, 4) is 0 Å². The predicted octanol–water partition coefficient (Wildman–Crippen LogP) is -1.07. The van der Waals surface area contributed by atoms with Crippen LogP contribution < -0.4 is 10.2 Å². The lowest BCUT2D eigenvalue weighted by molar-refractivity contribution is -0.326. The summed E-state index contributed by atoms with van der Waals surface area (Å²) in [6.07, 6.45) is 0.681. The van der Waals surface area contributed by atoms with Crippen LogP contribution in [0.15, 0.2) is 0 Å². The largest absolute Gasteiger partial charge is 0.550 e. The molecule has 4 heteroatoms. The average Bonchev–Trinajstić information content (AvgIpc) is 2.24. The Hall–Kier alpha value is -1.06. The van der Waals surface area contributed by atoms with Gasteiger partial charge in [-0.1, -0.05) is 20.8 Å². The molecule has 0 radical (unpaired) electrons. The van der Waals surface area contributed by atoms with Crippen molar-refractivity contribution in [2.75, 3.05) is 0 Å². The maximum Gasteiger partial charge on any atom is 0.0479 e. The quantitative estimate of drug-likeness (QED) is 0.565. The van der Waals surface area contributed by atoms with Crippen LogP contribution in [0.4, 0.5) is 0 Å². The molecule has 0 spiro atoms. The minimum absolute atomic E-state index is 0.334. The first-order valence-corrected chi connectivity index (χ1v) is 4.66. The monoisotopic (exact) mass is 198 g/mol. The van der Waals surface area contributed by atoms with E-state index in [1.165, 1.54) is 0 Å². The number of hydrogen-bond acceptors (Lipinski definition) is 4. The van der Waals surface area contributed by atoms with E-state index in [9.17, 15) is 19.8 Å². The summed E-state index contributed by atoms with van der Waals surface area (Å²) in [6, 6.07) is 0. The first kappa shape index (κ1) is 11.0. The molecule has 1 saturated carbocycles. The summed E-state index contributed by atoms with van der Waals surface area (Å²) in [6.45, 7) is 4.85. The first-order valence-electron chi connectivity index (χ1n) is 4.66. The molecule has 0 N–H and O–H groups in total. The lowest BCUT2D eigenvalue weighted by atomic mass is 9.66. The number of hydrogen-bond donors (Lipinski definition) is 0. The molecule has 0 aromatic rings. The van der Waals surface area contributed by atoms with Crippen LogP contribution in [-0.4, -0.2) is 11.9 Å². The van der Waals surface area contributed by atoms with E-state index in [2.05, 4.69) is 0 Å². The second-order valence-corrected chi connectivity index (χ2v) is 4.75. The zero-order valence-corrected chi connectivity index (χ0v) is 8.62. The number of rotatable bonds is 2. The van der Waals surface area contributed by atoms with Gasteiger partial charge in [-0.3, -0.25) is 0 Å². The lowest BCUT2D eigenvalue weighted by Gasteiger charge is -2.42. The third-order valence-corrected chi connectivity index (χ3v) is 3.96. The molecule has 4 nitrogen and oxygen atoms in total. The Morgan fingerprint density at radius 3 is 1.93 bits per heavy atom. The van der Waals surface area contributed by atoms with Crippen molar-refractivity contribution in [3.05, 3.63) is 0 Å². The Morgan fingerprint density at radius 1 is 1.21 bits per heavy atom. The molecule has 0 bridgehead atoms. The fourth-order valence-corrected chi connectivity index (χ4v) is 2.28. The maximum atomic E-state index is 11.0. The van der Waals surface area contributed by atoms with Crippen molar-refractivity contribution < 1.29 is 19.8 Å². The van der Waals surface area contributed by atoms with Crippen molar-refractivity contribution in [1.29, 1.82) is 0 Å². The molecule has 0 unspecified atom stereocenters. The van der Waals surface area contributed by atoms with Crippen molar-refractivity contribution in [3.63, 3.8) is 0 Å². The lowest BCUT2D eigenvalue weighted by Crippen LogP contribution is -2.50. The van der Waals surface area contributed by atoms with E-state index in [0.29, 0.717) is 12.8 Å². The van der Waals surface area contributed by atoms with Crippen molar-refractivity contribution in [1.82, 2.24) is 0 Å². The molecule has 1 fully saturated rings. The molecule has 0 aromatic heterocycles. The van der Waals surface area contributed by atoms with Crippen LogP contribution in [0.3, 0.4) is 0 Å². The second kappa shape index (κ2) is 2.97. The number of aliphatic carboxylic acids is 2. The Kier molecular flexibility index (Phi) is 2.34. The highest BCUT2D eigenvalue weighted by molar-refractivity contribution is 5.78. The second-order valence-electron chi connectivity index (χ2n) is 4.75. The zero-order valence-electron chi connectivity index (χ0n) is 8.62. The first-order chi connectivity index (χ1) is 6.23. The standard InChI is InChI=1S/C10H16O4/c1-9(2)6(7(11)12)4-5-10(9,3)8(13)14/h6H,4-5H2,1-3H3,(H,11,12)(H,13,14)/p-2/t6-,10-/m0/s1. The molecule has 0 aliphatic heterocycles. The molecular weight excluding hydrogens is 184 g/mol. The summed E-state index contributed by atoms with van der Waals surface area (Å²) < 4.78 is 0. The summed E-state index contributed by atoms with van der Waals surface area (Å²) >= 11 is 0. The van der Waals surface area contributed by atoms with Crippen LogP contribution in [0.25, 0.3) is 0 Å². The van der Waals surface area contributed by atoms with Crippen molar-refractivity contribution in [2.24, 2.45) is 16.7 Å². The molecule has 1 aliphatic rings. The van der Waals surface area contributed by atoms with Gasteiger partial charge in [0.1, 0.15) is 0 Å². The molecule has 80 valence electrons. The van der Waals surface area contributed by atoms with Gasteiger partial charge < -0.3 is 19.8 Å². The number of carboxylic acid groups (broad SMARTS) is 2. The molecule has 1 aliphatic carbocycles. The normalized spacial score (nSPS) is 35.5. The summed E-state index contributed by atoms with van der Waals surface area (Å²) in [4.78, 5) is 21.8. The minimum atomic E-state index is -1.17. The SMILES string of the molecule is CC1(C)[C@H](C(=O)[O-])CC[C@@]1(C)C(=O)[O-]. The highest BCUT2D eigenvalue weighted by Gasteiger charge is 2.52. The topological polar surface area (TPSA) is 80.3 Å². The van der Waals surface area contributed by atoms with Crippen LogP contribution in [0.5, 0.6) is 0 Å². The number of carbonyl (C=O) groups is 2. The molecule has 14 heavy (non-hydrogen) atoms. The third-order valence-electron chi connectivity index (χ3n) is 3.96. The van der Waals surface area contributed by atoms with Gasteiger partial charge in [0.15, 0.2) is 0 Å². The van der Waals surface area contributed by atoms with Gasteiger partial charge in [-0.25, -0.2) is 0 Å². The average molecular weight is 198 g/mol.